The number of nitrogens with one attached hydrogen (secondary N) is 1. The number of carbonyl (C=O) groups is 2. The van der Waals surface area contributed by atoms with Crippen LogP contribution in [0.3, 0.4) is 0 Å². The van der Waals surface area contributed by atoms with Crippen molar-refractivity contribution in [3.63, 3.8) is 0 Å². The van der Waals surface area contributed by atoms with E-state index < -0.39 is 18.0 Å². The summed E-state index contributed by atoms with van der Waals surface area (Å²) in [5.41, 5.74) is 1.68. The lowest BCUT2D eigenvalue weighted by Crippen LogP contribution is -2.35. The first-order chi connectivity index (χ1) is 13.0. The van der Waals surface area contributed by atoms with E-state index in [0.717, 1.165) is 20.8 Å². The van der Waals surface area contributed by atoms with Crippen LogP contribution in [0.2, 0.25) is 0 Å². The highest BCUT2D eigenvalue weighted by Crippen LogP contribution is 2.22. The number of aryl methyl sites for hydroxylation is 1. The van der Waals surface area contributed by atoms with Gasteiger partial charge in [-0.25, -0.2) is 9.37 Å². The van der Waals surface area contributed by atoms with Crippen molar-refractivity contribution in [2.45, 2.75) is 32.4 Å². The largest absolute Gasteiger partial charge is 0.453 e. The van der Waals surface area contributed by atoms with Crippen LogP contribution in [-0.4, -0.2) is 23.0 Å². The van der Waals surface area contributed by atoms with Gasteiger partial charge < -0.3 is 10.1 Å². The highest BCUT2D eigenvalue weighted by molar-refractivity contribution is 7.18. The van der Waals surface area contributed by atoms with Gasteiger partial charge in [-0.2, -0.15) is 0 Å². The van der Waals surface area contributed by atoms with E-state index in [0.29, 0.717) is 6.42 Å². The van der Waals surface area contributed by atoms with Gasteiger partial charge in [0.25, 0.3) is 5.91 Å². The third-order valence-electron chi connectivity index (χ3n) is 3.94. The molecule has 0 aliphatic carbocycles. The Kier molecular flexibility index (Phi) is 6.13. The number of hydrogen-bond acceptors (Lipinski definition) is 5. The van der Waals surface area contributed by atoms with Crippen molar-refractivity contribution in [3.05, 3.63) is 64.9 Å². The van der Waals surface area contributed by atoms with Crippen LogP contribution < -0.4 is 5.32 Å². The quantitative estimate of drug-likeness (QED) is 0.630. The molecule has 3 rings (SSSR count). The van der Waals surface area contributed by atoms with Gasteiger partial charge in [-0.3, -0.25) is 9.59 Å². The summed E-state index contributed by atoms with van der Waals surface area (Å²) in [5, 5.41) is 3.53. The third kappa shape index (κ3) is 5.34. The van der Waals surface area contributed by atoms with Crippen LogP contribution in [0.5, 0.6) is 0 Å². The molecule has 1 N–H and O–H groups in total. The van der Waals surface area contributed by atoms with E-state index in [2.05, 4.69) is 10.3 Å². The number of amides is 1. The molecule has 0 spiro atoms. The molecule has 0 saturated carbocycles. The molecule has 27 heavy (non-hydrogen) atoms. The minimum absolute atomic E-state index is 0.162. The molecule has 2 aromatic carbocycles. The predicted octanol–water partition coefficient (Wildman–Crippen LogP) is 3.62. The highest BCUT2D eigenvalue weighted by Gasteiger charge is 2.18. The Labute approximate surface area is 160 Å². The summed E-state index contributed by atoms with van der Waals surface area (Å²) in [5.74, 6) is -1.17. The standard InChI is InChI=1S/C20H19FN2O3S/c1-13(20(25)22-12-14-6-8-15(21)9-7-14)26-19(24)11-10-18-23-16-4-2-3-5-17(16)27-18/h2-9,13H,10-12H2,1H3,(H,22,25). The molecular formula is C20H19FN2O3S. The number of rotatable bonds is 7. The van der Waals surface area contributed by atoms with Gasteiger partial charge in [-0.15, -0.1) is 11.3 Å². The number of para-hydroxylation sites is 1. The van der Waals surface area contributed by atoms with E-state index in [1.807, 2.05) is 24.3 Å². The Balaban J connectivity index is 1.43. The van der Waals surface area contributed by atoms with Crippen LogP contribution in [0.25, 0.3) is 10.2 Å². The minimum atomic E-state index is -0.895. The van der Waals surface area contributed by atoms with Crippen molar-refractivity contribution in [2.24, 2.45) is 0 Å². The molecule has 0 aliphatic rings. The number of halogens is 1. The van der Waals surface area contributed by atoms with Crippen LogP contribution in [0.15, 0.2) is 48.5 Å². The number of carbonyl (C=O) groups excluding carboxylic acids is 2. The van der Waals surface area contributed by atoms with Gasteiger partial charge >= 0.3 is 5.97 Å². The number of hydrogen-bond donors (Lipinski definition) is 1. The molecule has 1 aromatic heterocycles. The summed E-state index contributed by atoms with van der Waals surface area (Å²) in [4.78, 5) is 28.5. The molecule has 0 radical (unpaired) electrons. The zero-order chi connectivity index (χ0) is 19.2. The average molecular weight is 386 g/mol. The van der Waals surface area contributed by atoms with Crippen LogP contribution in [0.1, 0.15) is 23.9 Å². The summed E-state index contributed by atoms with van der Waals surface area (Å²) in [6.45, 7) is 1.77. The van der Waals surface area contributed by atoms with E-state index in [-0.39, 0.29) is 18.8 Å². The summed E-state index contributed by atoms with van der Waals surface area (Å²) in [6.07, 6.45) is -0.259. The second-order valence-corrected chi connectivity index (χ2v) is 7.17. The lowest BCUT2D eigenvalue weighted by molar-refractivity contribution is -0.154. The maximum Gasteiger partial charge on any atom is 0.306 e. The maximum absolute atomic E-state index is 12.9. The normalized spacial score (nSPS) is 11.9. The number of esters is 1. The van der Waals surface area contributed by atoms with E-state index in [9.17, 15) is 14.0 Å². The predicted molar refractivity (Wildman–Crippen MR) is 102 cm³/mol. The Hall–Kier alpha value is -2.80. The van der Waals surface area contributed by atoms with Gasteiger partial charge in [0.15, 0.2) is 6.10 Å². The molecule has 1 atom stereocenters. The fourth-order valence-electron chi connectivity index (χ4n) is 2.48. The van der Waals surface area contributed by atoms with Gasteiger partial charge in [-0.1, -0.05) is 24.3 Å². The Morgan fingerprint density at radius 3 is 2.67 bits per heavy atom. The Morgan fingerprint density at radius 1 is 1.19 bits per heavy atom. The first kappa shape index (κ1) is 19.0. The molecule has 0 bridgehead atoms. The maximum atomic E-state index is 12.9. The second kappa shape index (κ2) is 8.73. The molecule has 0 aliphatic heterocycles. The van der Waals surface area contributed by atoms with E-state index in [4.69, 9.17) is 4.74 Å². The molecule has 1 unspecified atom stereocenters. The summed E-state index contributed by atoms with van der Waals surface area (Å²) in [6, 6.07) is 13.6. The fraction of sp³-hybridized carbons (Fsp3) is 0.250. The molecule has 1 amide bonds. The van der Waals surface area contributed by atoms with Crippen molar-refractivity contribution >= 4 is 33.4 Å². The smallest absolute Gasteiger partial charge is 0.306 e. The second-order valence-electron chi connectivity index (χ2n) is 6.05. The average Bonchev–Trinajstić information content (AvgIpc) is 3.08. The SMILES string of the molecule is CC(OC(=O)CCc1nc2ccccc2s1)C(=O)NCc1ccc(F)cc1. The summed E-state index contributed by atoms with van der Waals surface area (Å²) >= 11 is 1.55. The van der Waals surface area contributed by atoms with Gasteiger partial charge in [0.1, 0.15) is 5.82 Å². The van der Waals surface area contributed by atoms with Gasteiger partial charge in [0, 0.05) is 13.0 Å². The van der Waals surface area contributed by atoms with Crippen LogP contribution in [-0.2, 0) is 27.3 Å². The number of ether oxygens (including phenoxy) is 1. The van der Waals surface area contributed by atoms with Crippen LogP contribution >= 0.6 is 11.3 Å². The van der Waals surface area contributed by atoms with E-state index >= 15 is 0 Å². The first-order valence-electron chi connectivity index (χ1n) is 8.57. The molecule has 5 nitrogen and oxygen atoms in total. The summed E-state index contributed by atoms with van der Waals surface area (Å²) in [7, 11) is 0. The highest BCUT2D eigenvalue weighted by atomic mass is 32.1. The third-order valence-corrected chi connectivity index (χ3v) is 5.03. The van der Waals surface area contributed by atoms with Crippen LogP contribution in [0, 0.1) is 5.82 Å². The van der Waals surface area contributed by atoms with Crippen molar-refractivity contribution in [1.82, 2.24) is 10.3 Å². The van der Waals surface area contributed by atoms with Gasteiger partial charge in [0.05, 0.1) is 21.6 Å². The van der Waals surface area contributed by atoms with E-state index in [1.165, 1.54) is 19.1 Å². The molecule has 1 heterocycles. The fourth-order valence-corrected chi connectivity index (χ4v) is 3.45. The Morgan fingerprint density at radius 2 is 1.93 bits per heavy atom. The molecule has 0 fully saturated rings. The van der Waals surface area contributed by atoms with E-state index in [1.54, 1.807) is 23.5 Å². The van der Waals surface area contributed by atoms with Crippen molar-refractivity contribution in [3.8, 4) is 0 Å². The molecule has 7 heteroatoms. The number of fused-ring (bicyclic) bond motifs is 1. The lowest BCUT2D eigenvalue weighted by atomic mass is 10.2. The number of thiazole rings is 1. The first-order valence-corrected chi connectivity index (χ1v) is 9.39. The van der Waals surface area contributed by atoms with Crippen molar-refractivity contribution < 1.29 is 18.7 Å². The summed E-state index contributed by atoms with van der Waals surface area (Å²) < 4.78 is 19.1. The van der Waals surface area contributed by atoms with Crippen molar-refractivity contribution in [2.75, 3.05) is 0 Å². The molecular weight excluding hydrogens is 367 g/mol. The molecule has 140 valence electrons. The monoisotopic (exact) mass is 386 g/mol. The minimum Gasteiger partial charge on any atom is -0.453 e. The number of benzene rings is 2. The zero-order valence-electron chi connectivity index (χ0n) is 14.8. The number of nitrogens with zero attached hydrogens (tertiary/aromatic N) is 1. The van der Waals surface area contributed by atoms with Gasteiger partial charge in [0.2, 0.25) is 0 Å². The topological polar surface area (TPSA) is 68.3 Å². The zero-order valence-corrected chi connectivity index (χ0v) is 15.6. The molecule has 3 aromatic rings. The van der Waals surface area contributed by atoms with Crippen LogP contribution in [0.4, 0.5) is 4.39 Å². The molecule has 0 saturated heterocycles. The van der Waals surface area contributed by atoms with Gasteiger partial charge in [-0.05, 0) is 36.8 Å². The lowest BCUT2D eigenvalue weighted by Gasteiger charge is -2.13. The number of aromatic nitrogens is 1. The van der Waals surface area contributed by atoms with Crippen molar-refractivity contribution in [1.29, 1.82) is 0 Å². The Bertz CT molecular complexity index is 907.